The minimum atomic E-state index is -0.0456. The van der Waals surface area contributed by atoms with Gasteiger partial charge in [0, 0.05) is 47.5 Å². The van der Waals surface area contributed by atoms with Crippen LogP contribution >= 0.6 is 0 Å². The zero-order valence-corrected chi connectivity index (χ0v) is 20.3. The molecule has 1 atom stereocenters. The minimum absolute atomic E-state index is 0.0456. The van der Waals surface area contributed by atoms with E-state index < -0.39 is 0 Å². The number of carbonyl (C=O) groups excluding carboxylic acids is 2. The maximum Gasteiger partial charge on any atom is 0.239 e. The normalized spacial score (nSPS) is 14.2. The van der Waals surface area contributed by atoms with Crippen LogP contribution < -0.4 is 5.32 Å². The molecule has 4 rings (SSSR count). The van der Waals surface area contributed by atoms with Crippen LogP contribution in [0, 0.1) is 6.92 Å². The van der Waals surface area contributed by atoms with Gasteiger partial charge in [-0.3, -0.25) is 14.6 Å². The van der Waals surface area contributed by atoms with E-state index in [-0.39, 0.29) is 30.4 Å². The molecule has 1 aromatic carbocycles. The molecule has 2 aromatic heterocycles. The summed E-state index contributed by atoms with van der Waals surface area (Å²) in [6.07, 6.45) is 10.7. The van der Waals surface area contributed by atoms with Gasteiger partial charge in [-0.25, -0.2) is 0 Å². The van der Waals surface area contributed by atoms with Gasteiger partial charge in [-0.05, 0) is 81.2 Å². The van der Waals surface area contributed by atoms with E-state index in [1.54, 1.807) is 4.90 Å². The third-order valence-electron chi connectivity index (χ3n) is 6.73. The van der Waals surface area contributed by atoms with Crippen molar-refractivity contribution >= 4 is 22.7 Å². The van der Waals surface area contributed by atoms with Crippen LogP contribution in [-0.4, -0.2) is 45.3 Å². The highest BCUT2D eigenvalue weighted by Gasteiger charge is 2.33. The largest absolute Gasteiger partial charge is 0.361 e. The Morgan fingerprint density at radius 3 is 2.79 bits per heavy atom. The van der Waals surface area contributed by atoms with Crippen LogP contribution in [0.5, 0.6) is 0 Å². The second kappa shape index (κ2) is 11.3. The van der Waals surface area contributed by atoms with Crippen molar-refractivity contribution < 1.29 is 9.59 Å². The number of aromatic nitrogens is 2. The number of para-hydroxylation sites is 1. The molecule has 1 aliphatic carbocycles. The molecule has 2 amide bonds. The predicted octanol–water partition coefficient (Wildman–Crippen LogP) is 4.71. The minimum Gasteiger partial charge on any atom is -0.361 e. The molecule has 0 saturated heterocycles. The van der Waals surface area contributed by atoms with Gasteiger partial charge in [-0.1, -0.05) is 25.1 Å². The second-order valence-electron chi connectivity index (χ2n) is 9.48. The Morgan fingerprint density at radius 2 is 2.03 bits per heavy atom. The molecule has 0 bridgehead atoms. The van der Waals surface area contributed by atoms with Crippen molar-refractivity contribution in [3.05, 3.63) is 65.6 Å². The fourth-order valence-corrected chi connectivity index (χ4v) is 4.63. The average molecular weight is 461 g/mol. The molecule has 0 spiro atoms. The molecule has 2 heterocycles. The molecule has 3 aromatic rings. The second-order valence-corrected chi connectivity index (χ2v) is 9.48. The van der Waals surface area contributed by atoms with Crippen LogP contribution in [0.2, 0.25) is 0 Å². The van der Waals surface area contributed by atoms with Gasteiger partial charge < -0.3 is 15.2 Å². The lowest BCUT2D eigenvalue weighted by Crippen LogP contribution is -2.45. The lowest BCUT2D eigenvalue weighted by molar-refractivity contribution is -0.137. The number of carbonyl (C=O) groups is 2. The maximum atomic E-state index is 12.9. The van der Waals surface area contributed by atoms with E-state index >= 15 is 0 Å². The lowest BCUT2D eigenvalue weighted by Gasteiger charge is -2.24. The molecule has 0 aliphatic heterocycles. The highest BCUT2D eigenvalue weighted by molar-refractivity contribution is 5.85. The van der Waals surface area contributed by atoms with Crippen LogP contribution in [0.3, 0.4) is 0 Å². The van der Waals surface area contributed by atoms with Gasteiger partial charge in [-0.2, -0.15) is 0 Å². The van der Waals surface area contributed by atoms with Gasteiger partial charge in [-0.15, -0.1) is 0 Å². The van der Waals surface area contributed by atoms with Gasteiger partial charge in [0.25, 0.3) is 0 Å². The third kappa shape index (κ3) is 6.46. The van der Waals surface area contributed by atoms with Crippen molar-refractivity contribution in [2.75, 3.05) is 6.54 Å². The molecule has 1 saturated carbocycles. The first-order valence-corrected chi connectivity index (χ1v) is 12.6. The van der Waals surface area contributed by atoms with E-state index in [0.717, 1.165) is 56.2 Å². The zero-order chi connectivity index (χ0) is 23.9. The van der Waals surface area contributed by atoms with E-state index in [1.165, 1.54) is 16.5 Å². The lowest BCUT2D eigenvalue weighted by atomic mass is 10.0. The monoisotopic (exact) mass is 460 g/mol. The number of aromatic amines is 1. The van der Waals surface area contributed by atoms with Crippen molar-refractivity contribution in [3.63, 3.8) is 0 Å². The first-order chi connectivity index (χ1) is 16.5. The molecule has 0 radical (unpaired) electrons. The molecule has 1 fully saturated rings. The van der Waals surface area contributed by atoms with Crippen molar-refractivity contribution in [2.24, 2.45) is 0 Å². The van der Waals surface area contributed by atoms with Crippen molar-refractivity contribution in [2.45, 2.75) is 77.3 Å². The van der Waals surface area contributed by atoms with Gasteiger partial charge >= 0.3 is 0 Å². The summed E-state index contributed by atoms with van der Waals surface area (Å²) in [4.78, 5) is 35.1. The Bertz CT molecular complexity index is 1120. The van der Waals surface area contributed by atoms with E-state index in [0.29, 0.717) is 6.42 Å². The number of nitrogens with zero attached hydrogens (tertiary/aromatic N) is 2. The summed E-state index contributed by atoms with van der Waals surface area (Å²) in [5.74, 6) is 0.0473. The number of pyridine rings is 1. The van der Waals surface area contributed by atoms with Gasteiger partial charge in [0.05, 0.1) is 6.54 Å². The molecule has 1 unspecified atom stereocenters. The number of benzene rings is 1. The number of nitrogens with one attached hydrogen (secondary N) is 2. The van der Waals surface area contributed by atoms with Crippen molar-refractivity contribution in [1.29, 1.82) is 0 Å². The standard InChI is InChI=1S/C28H36N4O2/c1-3-23(12-11-22-18-30-26-9-5-4-8-25(22)26)31-27(33)19-32(24-13-14-24)28(34)10-6-7-21-15-16-29-20(2)17-21/h4-5,8-9,15-18,23-24,30H,3,6-7,10-14,19H2,1-2H3,(H,31,33). The first-order valence-electron chi connectivity index (χ1n) is 12.6. The summed E-state index contributed by atoms with van der Waals surface area (Å²) < 4.78 is 0. The number of rotatable bonds is 12. The van der Waals surface area contributed by atoms with Gasteiger partial charge in [0.2, 0.25) is 11.8 Å². The Hall–Kier alpha value is -3.15. The van der Waals surface area contributed by atoms with Crippen LogP contribution in [-0.2, 0) is 22.4 Å². The zero-order valence-electron chi connectivity index (χ0n) is 20.3. The van der Waals surface area contributed by atoms with Crippen molar-refractivity contribution in [3.8, 4) is 0 Å². The summed E-state index contributed by atoms with van der Waals surface area (Å²) in [6, 6.07) is 12.7. The molecule has 180 valence electrons. The highest BCUT2D eigenvalue weighted by Crippen LogP contribution is 2.27. The Balaban J connectivity index is 1.25. The predicted molar refractivity (Wildman–Crippen MR) is 135 cm³/mol. The quantitative estimate of drug-likeness (QED) is 0.411. The fraction of sp³-hybridized carbons (Fsp3) is 0.464. The SMILES string of the molecule is CCC(CCc1c[nH]c2ccccc12)NC(=O)CN(C(=O)CCCc1ccnc(C)c1)C1CC1. The Morgan fingerprint density at radius 1 is 1.21 bits per heavy atom. The Labute approximate surface area is 202 Å². The van der Waals surface area contributed by atoms with Crippen LogP contribution in [0.15, 0.2) is 48.8 Å². The Kier molecular flexibility index (Phi) is 7.99. The molecule has 6 nitrogen and oxygen atoms in total. The summed E-state index contributed by atoms with van der Waals surface area (Å²) in [5.41, 5.74) is 4.63. The summed E-state index contributed by atoms with van der Waals surface area (Å²) >= 11 is 0. The number of hydrogen-bond donors (Lipinski definition) is 2. The molecule has 2 N–H and O–H groups in total. The molecule has 6 heteroatoms. The molecular formula is C28H36N4O2. The average Bonchev–Trinajstić information content (AvgIpc) is 3.59. The fourth-order valence-electron chi connectivity index (χ4n) is 4.63. The smallest absolute Gasteiger partial charge is 0.239 e. The van der Waals surface area contributed by atoms with Crippen LogP contribution in [0.4, 0.5) is 0 Å². The number of aryl methyl sites for hydroxylation is 3. The van der Waals surface area contributed by atoms with E-state index in [2.05, 4.69) is 52.7 Å². The third-order valence-corrected chi connectivity index (χ3v) is 6.73. The molecule has 1 aliphatic rings. The molecule has 34 heavy (non-hydrogen) atoms. The topological polar surface area (TPSA) is 78.1 Å². The number of H-pyrrole nitrogens is 1. The summed E-state index contributed by atoms with van der Waals surface area (Å²) in [7, 11) is 0. The number of fused-ring (bicyclic) bond motifs is 1. The van der Waals surface area contributed by atoms with Gasteiger partial charge in [0.1, 0.15) is 0 Å². The molecular weight excluding hydrogens is 424 g/mol. The van der Waals surface area contributed by atoms with E-state index in [9.17, 15) is 9.59 Å². The van der Waals surface area contributed by atoms with E-state index in [1.807, 2.05) is 25.3 Å². The van der Waals surface area contributed by atoms with E-state index in [4.69, 9.17) is 0 Å². The first kappa shape index (κ1) is 24.0. The summed E-state index contributed by atoms with van der Waals surface area (Å²) in [6.45, 7) is 4.25. The van der Waals surface area contributed by atoms with Crippen LogP contribution in [0.25, 0.3) is 10.9 Å². The van der Waals surface area contributed by atoms with Crippen LogP contribution in [0.1, 0.15) is 62.3 Å². The van der Waals surface area contributed by atoms with Crippen molar-refractivity contribution in [1.82, 2.24) is 20.2 Å². The number of amides is 2. The maximum absolute atomic E-state index is 12.9. The summed E-state index contributed by atoms with van der Waals surface area (Å²) in [5, 5.41) is 4.43. The number of hydrogen-bond acceptors (Lipinski definition) is 3. The van der Waals surface area contributed by atoms with Gasteiger partial charge in [0.15, 0.2) is 0 Å². The highest BCUT2D eigenvalue weighted by atomic mass is 16.2.